The number of H-pyrrole nitrogens is 1. The first-order valence-corrected chi connectivity index (χ1v) is 5.45. The Kier molecular flexibility index (Phi) is 2.49. The van der Waals surface area contributed by atoms with E-state index in [1.54, 1.807) is 36.8 Å². The monoisotopic (exact) mass is 238 g/mol. The molecule has 3 aromatic rings. The fourth-order valence-electron chi connectivity index (χ4n) is 1.78. The molecule has 0 radical (unpaired) electrons. The highest BCUT2D eigenvalue weighted by atomic mass is 16.3. The van der Waals surface area contributed by atoms with Crippen molar-refractivity contribution >= 4 is 0 Å². The van der Waals surface area contributed by atoms with E-state index in [-0.39, 0.29) is 5.75 Å². The average Bonchev–Trinajstić information content (AvgIpc) is 2.93. The maximum absolute atomic E-state index is 10.0. The Labute approximate surface area is 103 Å². The fraction of sp³-hybridized carbons (Fsp3) is 0. The highest BCUT2D eigenvalue weighted by Crippen LogP contribution is 2.31. The molecule has 0 saturated carbocycles. The van der Waals surface area contributed by atoms with E-state index >= 15 is 0 Å². The predicted molar refractivity (Wildman–Crippen MR) is 66.7 cm³/mol. The molecule has 0 fully saturated rings. The van der Waals surface area contributed by atoms with Crippen LogP contribution in [0, 0.1) is 0 Å². The Morgan fingerprint density at radius 3 is 2.72 bits per heavy atom. The van der Waals surface area contributed by atoms with Crippen LogP contribution in [0.25, 0.3) is 22.4 Å². The van der Waals surface area contributed by atoms with Crippen molar-refractivity contribution in [2.75, 3.05) is 0 Å². The van der Waals surface area contributed by atoms with Gasteiger partial charge in [-0.1, -0.05) is 6.07 Å². The molecule has 0 unspecified atom stereocenters. The highest BCUT2D eigenvalue weighted by molar-refractivity contribution is 5.73. The van der Waals surface area contributed by atoms with Crippen molar-refractivity contribution in [1.82, 2.24) is 20.4 Å². The zero-order valence-electron chi connectivity index (χ0n) is 9.41. The summed E-state index contributed by atoms with van der Waals surface area (Å²) in [5.74, 6) is 0.175. The van der Waals surface area contributed by atoms with Crippen LogP contribution >= 0.6 is 0 Å². The summed E-state index contributed by atoms with van der Waals surface area (Å²) in [7, 11) is 0. The molecule has 0 amide bonds. The maximum Gasteiger partial charge on any atom is 0.125 e. The summed E-state index contributed by atoms with van der Waals surface area (Å²) >= 11 is 0. The van der Waals surface area contributed by atoms with Crippen molar-refractivity contribution in [3.8, 4) is 28.1 Å². The molecule has 0 aliphatic rings. The van der Waals surface area contributed by atoms with Gasteiger partial charge in [0, 0.05) is 23.5 Å². The first-order valence-electron chi connectivity index (χ1n) is 5.45. The lowest BCUT2D eigenvalue weighted by molar-refractivity contribution is 0.477. The fourth-order valence-corrected chi connectivity index (χ4v) is 1.78. The van der Waals surface area contributed by atoms with Crippen LogP contribution in [0.3, 0.4) is 0 Å². The largest absolute Gasteiger partial charge is 0.507 e. The number of nitrogens with one attached hydrogen (secondary N) is 1. The number of rotatable bonds is 2. The number of phenols is 1. The van der Waals surface area contributed by atoms with Crippen LogP contribution in [0.1, 0.15) is 0 Å². The molecular formula is C13H10N4O. The SMILES string of the molecule is Oc1cc(-c2cn[nH]c2)ccc1-c1cccnn1. The molecule has 0 aliphatic heterocycles. The lowest BCUT2D eigenvalue weighted by atomic mass is 10.0. The van der Waals surface area contributed by atoms with E-state index < -0.39 is 0 Å². The van der Waals surface area contributed by atoms with Gasteiger partial charge >= 0.3 is 0 Å². The van der Waals surface area contributed by atoms with Gasteiger partial charge in [0.1, 0.15) is 5.75 Å². The summed E-state index contributed by atoms with van der Waals surface area (Å²) in [5, 5.41) is 24.4. The van der Waals surface area contributed by atoms with Crippen LogP contribution in [0.4, 0.5) is 0 Å². The number of nitrogens with zero attached hydrogens (tertiary/aromatic N) is 3. The molecule has 3 rings (SSSR count). The molecule has 1 aromatic carbocycles. The molecular weight excluding hydrogens is 228 g/mol. The second-order valence-electron chi connectivity index (χ2n) is 3.83. The summed E-state index contributed by atoms with van der Waals surface area (Å²) in [4.78, 5) is 0. The van der Waals surface area contributed by atoms with E-state index in [1.165, 1.54) is 0 Å². The van der Waals surface area contributed by atoms with Gasteiger partial charge in [-0.05, 0) is 29.8 Å². The van der Waals surface area contributed by atoms with Gasteiger partial charge in [-0.3, -0.25) is 5.10 Å². The lowest BCUT2D eigenvalue weighted by Crippen LogP contribution is -1.86. The minimum Gasteiger partial charge on any atom is -0.507 e. The van der Waals surface area contributed by atoms with Crippen LogP contribution in [0.5, 0.6) is 5.75 Å². The molecule has 18 heavy (non-hydrogen) atoms. The molecule has 0 bridgehead atoms. The number of hydrogen-bond donors (Lipinski definition) is 2. The third-order valence-electron chi connectivity index (χ3n) is 2.68. The molecule has 5 heteroatoms. The van der Waals surface area contributed by atoms with E-state index in [0.29, 0.717) is 11.3 Å². The van der Waals surface area contributed by atoms with Crippen molar-refractivity contribution in [3.05, 3.63) is 48.9 Å². The molecule has 0 spiro atoms. The second-order valence-corrected chi connectivity index (χ2v) is 3.83. The van der Waals surface area contributed by atoms with Crippen molar-refractivity contribution < 1.29 is 5.11 Å². The van der Waals surface area contributed by atoms with Gasteiger partial charge in [0.05, 0.1) is 11.9 Å². The molecule has 0 aliphatic carbocycles. The number of aromatic nitrogens is 4. The quantitative estimate of drug-likeness (QED) is 0.718. The summed E-state index contributed by atoms with van der Waals surface area (Å²) in [6, 6.07) is 9.01. The summed E-state index contributed by atoms with van der Waals surface area (Å²) in [5.41, 5.74) is 3.13. The Hall–Kier alpha value is -2.69. The van der Waals surface area contributed by atoms with Crippen LogP contribution in [0.2, 0.25) is 0 Å². The third kappa shape index (κ3) is 1.82. The van der Waals surface area contributed by atoms with Gasteiger partial charge in [-0.2, -0.15) is 15.3 Å². The first kappa shape index (κ1) is 10.5. The van der Waals surface area contributed by atoms with Crippen molar-refractivity contribution in [1.29, 1.82) is 0 Å². The first-order chi connectivity index (χ1) is 8.84. The number of aromatic hydroxyl groups is 1. The molecule has 2 aromatic heterocycles. The zero-order valence-corrected chi connectivity index (χ0v) is 9.41. The zero-order chi connectivity index (χ0) is 12.4. The summed E-state index contributed by atoms with van der Waals surface area (Å²) in [6.45, 7) is 0. The molecule has 0 saturated heterocycles. The maximum atomic E-state index is 10.0. The second kappa shape index (κ2) is 4.29. The molecule has 88 valence electrons. The normalized spacial score (nSPS) is 10.4. The van der Waals surface area contributed by atoms with Crippen LogP contribution in [0.15, 0.2) is 48.9 Å². The smallest absolute Gasteiger partial charge is 0.125 e. The van der Waals surface area contributed by atoms with Crippen molar-refractivity contribution in [2.24, 2.45) is 0 Å². The van der Waals surface area contributed by atoms with Gasteiger partial charge in [0.25, 0.3) is 0 Å². The Morgan fingerprint density at radius 1 is 1.11 bits per heavy atom. The van der Waals surface area contributed by atoms with Crippen LogP contribution in [-0.2, 0) is 0 Å². The van der Waals surface area contributed by atoms with E-state index in [4.69, 9.17) is 0 Å². The van der Waals surface area contributed by atoms with Gasteiger partial charge in [0.15, 0.2) is 0 Å². The average molecular weight is 238 g/mol. The lowest BCUT2D eigenvalue weighted by Gasteiger charge is -2.05. The predicted octanol–water partition coefficient (Wildman–Crippen LogP) is 2.24. The summed E-state index contributed by atoms with van der Waals surface area (Å²) < 4.78 is 0. The van der Waals surface area contributed by atoms with E-state index in [9.17, 15) is 5.11 Å². The molecule has 5 nitrogen and oxygen atoms in total. The number of phenolic OH excluding ortho intramolecular Hbond substituents is 1. The topological polar surface area (TPSA) is 74.7 Å². The molecule has 2 N–H and O–H groups in total. The van der Waals surface area contributed by atoms with E-state index in [0.717, 1.165) is 11.1 Å². The highest BCUT2D eigenvalue weighted by Gasteiger charge is 2.08. The van der Waals surface area contributed by atoms with Gasteiger partial charge in [-0.25, -0.2) is 0 Å². The third-order valence-corrected chi connectivity index (χ3v) is 2.68. The summed E-state index contributed by atoms with van der Waals surface area (Å²) in [6.07, 6.45) is 5.08. The van der Waals surface area contributed by atoms with E-state index in [1.807, 2.05) is 12.1 Å². The molecule has 2 heterocycles. The van der Waals surface area contributed by atoms with Gasteiger partial charge in [-0.15, -0.1) is 0 Å². The van der Waals surface area contributed by atoms with Crippen molar-refractivity contribution in [2.45, 2.75) is 0 Å². The Morgan fingerprint density at radius 2 is 2.06 bits per heavy atom. The minimum atomic E-state index is 0.175. The number of aromatic amines is 1. The van der Waals surface area contributed by atoms with Crippen molar-refractivity contribution in [3.63, 3.8) is 0 Å². The van der Waals surface area contributed by atoms with Crippen LogP contribution < -0.4 is 0 Å². The van der Waals surface area contributed by atoms with E-state index in [2.05, 4.69) is 20.4 Å². The number of hydrogen-bond acceptors (Lipinski definition) is 4. The van der Waals surface area contributed by atoms with Gasteiger partial charge in [0.2, 0.25) is 0 Å². The molecule has 0 atom stereocenters. The minimum absolute atomic E-state index is 0.175. The standard InChI is InChI=1S/C13H10N4O/c18-13-6-9(10-7-15-16-8-10)3-4-11(13)12-2-1-5-14-17-12/h1-8,18H,(H,15,16). The Bertz CT molecular complexity index is 650. The van der Waals surface area contributed by atoms with Gasteiger partial charge < -0.3 is 5.11 Å². The van der Waals surface area contributed by atoms with Crippen LogP contribution in [-0.4, -0.2) is 25.5 Å². The number of benzene rings is 1. The Balaban J connectivity index is 2.05.